The van der Waals surface area contributed by atoms with Crippen molar-refractivity contribution in [3.63, 3.8) is 0 Å². The minimum absolute atomic E-state index is 0.0492. The van der Waals surface area contributed by atoms with Gasteiger partial charge in [-0.3, -0.25) is 0 Å². The standard InChI is InChI=1S/C10H12N2OS/c1-6(11)9-7(2)12-10(14-9)8-3-4-13-5-8/h3-6H,11H2,1-2H3. The molecule has 3 nitrogen and oxygen atoms in total. The molecule has 0 aliphatic carbocycles. The number of aryl methyl sites for hydroxylation is 1. The molecule has 0 aliphatic heterocycles. The predicted octanol–water partition coefficient (Wildman–Crippen LogP) is 2.73. The lowest BCUT2D eigenvalue weighted by atomic mass is 10.2. The van der Waals surface area contributed by atoms with Crippen LogP contribution in [-0.4, -0.2) is 4.98 Å². The van der Waals surface area contributed by atoms with E-state index >= 15 is 0 Å². The molecule has 74 valence electrons. The van der Waals surface area contributed by atoms with Crippen LogP contribution in [0.3, 0.4) is 0 Å². The molecule has 0 saturated carbocycles. The molecule has 0 fully saturated rings. The summed E-state index contributed by atoms with van der Waals surface area (Å²) in [7, 11) is 0. The normalized spacial score (nSPS) is 13.1. The Labute approximate surface area is 86.6 Å². The first kappa shape index (κ1) is 9.43. The van der Waals surface area contributed by atoms with E-state index < -0.39 is 0 Å². The van der Waals surface area contributed by atoms with Gasteiger partial charge < -0.3 is 10.2 Å². The Bertz CT molecular complexity index is 417. The second kappa shape index (κ2) is 3.55. The van der Waals surface area contributed by atoms with Crippen LogP contribution in [-0.2, 0) is 0 Å². The highest BCUT2D eigenvalue weighted by atomic mass is 32.1. The van der Waals surface area contributed by atoms with Crippen LogP contribution in [0.4, 0.5) is 0 Å². The van der Waals surface area contributed by atoms with E-state index in [9.17, 15) is 0 Å². The van der Waals surface area contributed by atoms with E-state index in [-0.39, 0.29) is 6.04 Å². The molecule has 2 rings (SSSR count). The van der Waals surface area contributed by atoms with Gasteiger partial charge in [0.1, 0.15) is 11.3 Å². The quantitative estimate of drug-likeness (QED) is 0.825. The summed E-state index contributed by atoms with van der Waals surface area (Å²) >= 11 is 1.63. The molecular weight excluding hydrogens is 196 g/mol. The van der Waals surface area contributed by atoms with Crippen molar-refractivity contribution < 1.29 is 4.42 Å². The van der Waals surface area contributed by atoms with Crippen LogP contribution in [0.15, 0.2) is 23.0 Å². The molecule has 0 aromatic carbocycles. The Morgan fingerprint density at radius 3 is 2.86 bits per heavy atom. The van der Waals surface area contributed by atoms with Crippen LogP contribution >= 0.6 is 11.3 Å². The molecule has 0 radical (unpaired) electrons. The van der Waals surface area contributed by atoms with E-state index in [0.29, 0.717) is 0 Å². The predicted molar refractivity (Wildman–Crippen MR) is 57.2 cm³/mol. The Hall–Kier alpha value is -1.13. The molecule has 0 amide bonds. The van der Waals surface area contributed by atoms with Gasteiger partial charge in [-0.15, -0.1) is 11.3 Å². The van der Waals surface area contributed by atoms with Crippen LogP contribution in [0.1, 0.15) is 23.5 Å². The average molecular weight is 208 g/mol. The average Bonchev–Trinajstić information content (AvgIpc) is 2.70. The van der Waals surface area contributed by atoms with E-state index in [1.54, 1.807) is 23.9 Å². The maximum Gasteiger partial charge on any atom is 0.127 e. The summed E-state index contributed by atoms with van der Waals surface area (Å²) in [6.45, 7) is 3.96. The zero-order valence-electron chi connectivity index (χ0n) is 8.15. The molecule has 2 heterocycles. The fourth-order valence-corrected chi connectivity index (χ4v) is 2.34. The number of rotatable bonds is 2. The molecule has 0 spiro atoms. The Morgan fingerprint density at radius 1 is 1.57 bits per heavy atom. The highest BCUT2D eigenvalue weighted by molar-refractivity contribution is 7.15. The van der Waals surface area contributed by atoms with Crippen LogP contribution in [0, 0.1) is 6.92 Å². The number of hydrogen-bond donors (Lipinski definition) is 1. The van der Waals surface area contributed by atoms with E-state index in [4.69, 9.17) is 10.2 Å². The van der Waals surface area contributed by atoms with Crippen molar-refractivity contribution in [1.82, 2.24) is 4.98 Å². The van der Waals surface area contributed by atoms with Crippen molar-refractivity contribution in [3.05, 3.63) is 29.2 Å². The largest absolute Gasteiger partial charge is 0.472 e. The summed E-state index contributed by atoms with van der Waals surface area (Å²) in [5.41, 5.74) is 7.86. The van der Waals surface area contributed by atoms with Crippen molar-refractivity contribution in [2.24, 2.45) is 5.73 Å². The lowest BCUT2D eigenvalue weighted by Gasteiger charge is -1.99. The van der Waals surface area contributed by atoms with Gasteiger partial charge in [0, 0.05) is 16.5 Å². The summed E-state index contributed by atoms with van der Waals surface area (Å²) < 4.78 is 5.01. The topological polar surface area (TPSA) is 52.0 Å². The van der Waals surface area contributed by atoms with Crippen LogP contribution < -0.4 is 5.73 Å². The molecule has 0 saturated heterocycles. The highest BCUT2D eigenvalue weighted by Gasteiger charge is 2.12. The van der Waals surface area contributed by atoms with Gasteiger partial charge in [0.2, 0.25) is 0 Å². The third kappa shape index (κ3) is 1.58. The van der Waals surface area contributed by atoms with Crippen molar-refractivity contribution in [1.29, 1.82) is 0 Å². The van der Waals surface area contributed by atoms with Crippen molar-refractivity contribution in [3.8, 4) is 10.6 Å². The minimum Gasteiger partial charge on any atom is -0.472 e. The van der Waals surface area contributed by atoms with E-state index in [0.717, 1.165) is 21.1 Å². The van der Waals surface area contributed by atoms with Crippen LogP contribution in [0.25, 0.3) is 10.6 Å². The fourth-order valence-electron chi connectivity index (χ4n) is 1.34. The molecule has 2 aromatic heterocycles. The summed E-state index contributed by atoms with van der Waals surface area (Å²) in [5, 5.41) is 0.976. The van der Waals surface area contributed by atoms with Gasteiger partial charge in [-0.1, -0.05) is 0 Å². The monoisotopic (exact) mass is 208 g/mol. The van der Waals surface area contributed by atoms with E-state index in [1.165, 1.54) is 0 Å². The van der Waals surface area contributed by atoms with Gasteiger partial charge >= 0.3 is 0 Å². The van der Waals surface area contributed by atoms with Gasteiger partial charge in [0.25, 0.3) is 0 Å². The second-order valence-corrected chi connectivity index (χ2v) is 4.30. The molecule has 0 aliphatic rings. The molecule has 1 unspecified atom stereocenters. The molecule has 1 atom stereocenters. The molecule has 2 N–H and O–H groups in total. The lowest BCUT2D eigenvalue weighted by molar-refractivity contribution is 0.568. The summed E-state index contributed by atoms with van der Waals surface area (Å²) in [4.78, 5) is 5.59. The van der Waals surface area contributed by atoms with Crippen LogP contribution in [0.5, 0.6) is 0 Å². The molecule has 4 heteroatoms. The van der Waals surface area contributed by atoms with Gasteiger partial charge in [-0.25, -0.2) is 4.98 Å². The molecule has 2 aromatic rings. The first-order valence-corrected chi connectivity index (χ1v) is 5.25. The van der Waals surface area contributed by atoms with Crippen molar-refractivity contribution >= 4 is 11.3 Å². The van der Waals surface area contributed by atoms with Crippen molar-refractivity contribution in [2.45, 2.75) is 19.9 Å². The zero-order chi connectivity index (χ0) is 10.1. The minimum atomic E-state index is 0.0492. The number of furan rings is 1. The fraction of sp³-hybridized carbons (Fsp3) is 0.300. The second-order valence-electron chi connectivity index (χ2n) is 3.27. The first-order valence-electron chi connectivity index (χ1n) is 4.44. The number of thiazole rings is 1. The Morgan fingerprint density at radius 2 is 2.36 bits per heavy atom. The lowest BCUT2D eigenvalue weighted by Crippen LogP contribution is -2.03. The van der Waals surface area contributed by atoms with Gasteiger partial charge in [-0.2, -0.15) is 0 Å². The number of aromatic nitrogens is 1. The summed E-state index contributed by atoms with van der Waals surface area (Å²) in [6, 6.07) is 1.96. The Balaban J connectivity index is 2.43. The molecule has 14 heavy (non-hydrogen) atoms. The smallest absolute Gasteiger partial charge is 0.127 e. The molecular formula is C10H12N2OS. The maximum absolute atomic E-state index is 5.83. The third-order valence-corrected chi connectivity index (χ3v) is 3.42. The SMILES string of the molecule is Cc1nc(-c2ccoc2)sc1C(C)N. The van der Waals surface area contributed by atoms with Gasteiger partial charge in [0.15, 0.2) is 0 Å². The highest BCUT2D eigenvalue weighted by Crippen LogP contribution is 2.30. The van der Waals surface area contributed by atoms with Crippen LogP contribution in [0.2, 0.25) is 0 Å². The van der Waals surface area contributed by atoms with E-state index in [2.05, 4.69) is 4.98 Å². The number of nitrogens with two attached hydrogens (primary N) is 1. The summed E-state index contributed by atoms with van der Waals surface area (Å²) in [5.74, 6) is 0. The first-order chi connectivity index (χ1) is 6.68. The molecule has 0 bridgehead atoms. The van der Waals surface area contributed by atoms with E-state index in [1.807, 2.05) is 19.9 Å². The van der Waals surface area contributed by atoms with Gasteiger partial charge in [-0.05, 0) is 19.9 Å². The zero-order valence-corrected chi connectivity index (χ0v) is 8.97. The van der Waals surface area contributed by atoms with Gasteiger partial charge in [0.05, 0.1) is 12.0 Å². The number of nitrogens with zero attached hydrogens (tertiary/aromatic N) is 1. The maximum atomic E-state index is 5.83. The van der Waals surface area contributed by atoms with Crippen molar-refractivity contribution in [2.75, 3.05) is 0 Å². The number of hydrogen-bond acceptors (Lipinski definition) is 4. The Kier molecular flexibility index (Phi) is 2.39. The third-order valence-electron chi connectivity index (χ3n) is 2.01. The summed E-state index contributed by atoms with van der Waals surface area (Å²) in [6.07, 6.45) is 3.35.